The van der Waals surface area contributed by atoms with Gasteiger partial charge in [-0.15, -0.1) is 0 Å². The van der Waals surface area contributed by atoms with Crippen molar-refractivity contribution < 1.29 is 4.42 Å². The fourth-order valence-corrected chi connectivity index (χ4v) is 2.32. The molecular formula is C11H17NO. The summed E-state index contributed by atoms with van der Waals surface area (Å²) in [4.78, 5) is 0. The van der Waals surface area contributed by atoms with Gasteiger partial charge in [0.2, 0.25) is 0 Å². The number of rotatable bonds is 2. The van der Waals surface area contributed by atoms with E-state index in [1.54, 1.807) is 6.26 Å². The Labute approximate surface area is 79.3 Å². The van der Waals surface area contributed by atoms with Crippen LogP contribution in [0, 0.1) is 0 Å². The van der Waals surface area contributed by atoms with Crippen LogP contribution < -0.4 is 5.32 Å². The van der Waals surface area contributed by atoms with E-state index in [1.807, 2.05) is 13.1 Å². The zero-order valence-electron chi connectivity index (χ0n) is 8.12. The van der Waals surface area contributed by atoms with Crippen molar-refractivity contribution in [2.24, 2.45) is 0 Å². The van der Waals surface area contributed by atoms with Crippen LogP contribution in [0.5, 0.6) is 0 Å². The van der Waals surface area contributed by atoms with Crippen molar-refractivity contribution in [3.05, 3.63) is 24.2 Å². The first-order valence-electron chi connectivity index (χ1n) is 5.12. The molecule has 0 amide bonds. The number of nitrogens with one attached hydrogen (secondary N) is 1. The minimum atomic E-state index is 0.591. The topological polar surface area (TPSA) is 25.2 Å². The second kappa shape index (κ2) is 3.97. The smallest absolute Gasteiger partial charge is 0.108 e. The molecule has 0 aromatic carbocycles. The minimum Gasteiger partial charge on any atom is -0.469 e. The van der Waals surface area contributed by atoms with Crippen molar-refractivity contribution in [3.63, 3.8) is 0 Å². The van der Waals surface area contributed by atoms with E-state index in [2.05, 4.69) is 11.4 Å². The molecule has 0 bridgehead atoms. The molecule has 0 aliphatic heterocycles. The van der Waals surface area contributed by atoms with Crippen LogP contribution in [0.15, 0.2) is 22.8 Å². The van der Waals surface area contributed by atoms with Gasteiger partial charge in [0.15, 0.2) is 0 Å². The normalized spacial score (nSPS) is 29.0. The highest BCUT2D eigenvalue weighted by molar-refractivity contribution is 5.09. The van der Waals surface area contributed by atoms with Crippen LogP contribution in [0.25, 0.3) is 0 Å². The number of furan rings is 1. The Balaban J connectivity index is 2.11. The Morgan fingerprint density at radius 3 is 2.92 bits per heavy atom. The van der Waals surface area contributed by atoms with Crippen LogP contribution in [0.2, 0.25) is 0 Å². The fraction of sp³-hybridized carbons (Fsp3) is 0.636. The van der Waals surface area contributed by atoms with Gasteiger partial charge in [-0.3, -0.25) is 0 Å². The molecule has 1 aromatic heterocycles. The zero-order chi connectivity index (χ0) is 9.10. The molecule has 1 aliphatic rings. The van der Waals surface area contributed by atoms with Crippen molar-refractivity contribution >= 4 is 0 Å². The van der Waals surface area contributed by atoms with Crippen LogP contribution in [-0.2, 0) is 0 Å². The molecule has 1 saturated carbocycles. The fourth-order valence-electron chi connectivity index (χ4n) is 2.32. The first-order chi connectivity index (χ1) is 6.42. The summed E-state index contributed by atoms with van der Waals surface area (Å²) in [7, 11) is 2.05. The Hall–Kier alpha value is -0.760. The van der Waals surface area contributed by atoms with Gasteiger partial charge >= 0.3 is 0 Å². The summed E-state index contributed by atoms with van der Waals surface area (Å²) >= 11 is 0. The molecule has 2 heteroatoms. The van der Waals surface area contributed by atoms with E-state index in [9.17, 15) is 0 Å². The Kier molecular flexibility index (Phi) is 2.69. The lowest BCUT2D eigenvalue weighted by molar-refractivity contribution is 0.304. The highest BCUT2D eigenvalue weighted by atomic mass is 16.3. The van der Waals surface area contributed by atoms with Gasteiger partial charge in [0.25, 0.3) is 0 Å². The van der Waals surface area contributed by atoms with E-state index in [4.69, 9.17) is 4.42 Å². The van der Waals surface area contributed by atoms with Crippen molar-refractivity contribution in [1.29, 1.82) is 0 Å². The molecule has 13 heavy (non-hydrogen) atoms. The van der Waals surface area contributed by atoms with E-state index in [0.717, 1.165) is 5.76 Å². The quantitative estimate of drug-likeness (QED) is 0.754. The first-order valence-corrected chi connectivity index (χ1v) is 5.12. The third-order valence-corrected chi connectivity index (χ3v) is 3.05. The van der Waals surface area contributed by atoms with Gasteiger partial charge in [0.05, 0.1) is 6.26 Å². The monoisotopic (exact) mass is 179 g/mol. The number of hydrogen-bond acceptors (Lipinski definition) is 2. The molecule has 2 nitrogen and oxygen atoms in total. The van der Waals surface area contributed by atoms with Gasteiger partial charge in [0, 0.05) is 12.0 Å². The van der Waals surface area contributed by atoms with Crippen LogP contribution >= 0.6 is 0 Å². The molecular weight excluding hydrogens is 162 g/mol. The largest absolute Gasteiger partial charge is 0.469 e. The van der Waals surface area contributed by atoms with Gasteiger partial charge in [0.1, 0.15) is 5.76 Å². The molecule has 72 valence electrons. The van der Waals surface area contributed by atoms with Gasteiger partial charge in [-0.25, -0.2) is 0 Å². The predicted molar refractivity (Wildman–Crippen MR) is 52.8 cm³/mol. The molecule has 2 rings (SSSR count). The lowest BCUT2D eigenvalue weighted by Crippen LogP contribution is -2.34. The van der Waals surface area contributed by atoms with Crippen molar-refractivity contribution in [3.8, 4) is 0 Å². The maximum atomic E-state index is 5.47. The molecule has 2 atom stereocenters. The molecule has 1 heterocycles. The third-order valence-electron chi connectivity index (χ3n) is 3.05. The molecule has 0 spiro atoms. The summed E-state index contributed by atoms with van der Waals surface area (Å²) < 4.78 is 5.47. The highest BCUT2D eigenvalue weighted by Gasteiger charge is 2.26. The average molecular weight is 179 g/mol. The number of likely N-dealkylation sites (N-methyl/N-ethyl adjacent to an activating group) is 1. The Morgan fingerprint density at radius 1 is 1.38 bits per heavy atom. The maximum absolute atomic E-state index is 5.47. The zero-order valence-corrected chi connectivity index (χ0v) is 8.12. The summed E-state index contributed by atoms with van der Waals surface area (Å²) in [5.74, 6) is 1.74. The second-order valence-electron chi connectivity index (χ2n) is 3.80. The standard InChI is InChI=1S/C11H17NO/c1-12-10-6-3-2-5-9(10)11-7-4-8-13-11/h4,7-10,12H,2-3,5-6H2,1H3. The summed E-state index contributed by atoms with van der Waals surface area (Å²) in [6.45, 7) is 0. The van der Waals surface area contributed by atoms with Gasteiger partial charge in [-0.05, 0) is 32.0 Å². The van der Waals surface area contributed by atoms with Crippen LogP contribution in [0.1, 0.15) is 37.4 Å². The molecule has 2 unspecified atom stereocenters. The van der Waals surface area contributed by atoms with Crippen LogP contribution in [0.3, 0.4) is 0 Å². The second-order valence-corrected chi connectivity index (χ2v) is 3.80. The lowest BCUT2D eigenvalue weighted by Gasteiger charge is -2.29. The third kappa shape index (κ3) is 1.78. The van der Waals surface area contributed by atoms with Crippen molar-refractivity contribution in [1.82, 2.24) is 5.32 Å². The average Bonchev–Trinajstić information content (AvgIpc) is 2.70. The van der Waals surface area contributed by atoms with Crippen LogP contribution in [-0.4, -0.2) is 13.1 Å². The predicted octanol–water partition coefficient (Wildman–Crippen LogP) is 2.53. The van der Waals surface area contributed by atoms with E-state index in [1.165, 1.54) is 25.7 Å². The molecule has 1 N–H and O–H groups in total. The van der Waals surface area contributed by atoms with Crippen molar-refractivity contribution in [2.45, 2.75) is 37.6 Å². The van der Waals surface area contributed by atoms with Gasteiger partial charge in [-0.2, -0.15) is 0 Å². The minimum absolute atomic E-state index is 0.591. The summed E-state index contributed by atoms with van der Waals surface area (Å²) in [5, 5.41) is 3.38. The Morgan fingerprint density at radius 2 is 2.23 bits per heavy atom. The van der Waals surface area contributed by atoms with Crippen molar-refractivity contribution in [2.75, 3.05) is 7.05 Å². The number of hydrogen-bond donors (Lipinski definition) is 1. The summed E-state index contributed by atoms with van der Waals surface area (Å²) in [5.41, 5.74) is 0. The molecule has 1 fully saturated rings. The molecule has 1 aromatic rings. The summed E-state index contributed by atoms with van der Waals surface area (Å²) in [6.07, 6.45) is 7.00. The maximum Gasteiger partial charge on any atom is 0.108 e. The van der Waals surface area contributed by atoms with Gasteiger partial charge < -0.3 is 9.73 Å². The van der Waals surface area contributed by atoms with Crippen LogP contribution in [0.4, 0.5) is 0 Å². The Bertz CT molecular complexity index is 243. The first kappa shape index (κ1) is 8.82. The van der Waals surface area contributed by atoms with E-state index < -0.39 is 0 Å². The summed E-state index contributed by atoms with van der Waals surface area (Å²) in [6, 6.07) is 4.69. The molecule has 1 aliphatic carbocycles. The molecule has 0 radical (unpaired) electrons. The van der Waals surface area contributed by atoms with E-state index in [0.29, 0.717) is 12.0 Å². The van der Waals surface area contributed by atoms with E-state index >= 15 is 0 Å². The highest BCUT2D eigenvalue weighted by Crippen LogP contribution is 2.32. The van der Waals surface area contributed by atoms with Gasteiger partial charge in [-0.1, -0.05) is 12.8 Å². The molecule has 0 saturated heterocycles. The SMILES string of the molecule is CNC1CCCCC1c1ccco1. The lowest BCUT2D eigenvalue weighted by atomic mass is 9.83. The van der Waals surface area contributed by atoms with E-state index in [-0.39, 0.29) is 0 Å².